The third-order valence-electron chi connectivity index (χ3n) is 2.64. The molecule has 22 heavy (non-hydrogen) atoms. The van der Waals surface area contributed by atoms with Crippen molar-refractivity contribution < 1.29 is 29.4 Å². The summed E-state index contributed by atoms with van der Waals surface area (Å²) in [4.78, 5) is 44.3. The smallest absolute Gasteiger partial charge is 0.352 e. The van der Waals surface area contributed by atoms with Crippen LogP contribution in [-0.2, 0) is 19.2 Å². The van der Waals surface area contributed by atoms with E-state index in [1.165, 1.54) is 26.0 Å². The van der Waals surface area contributed by atoms with Crippen molar-refractivity contribution in [3.8, 4) is 0 Å². The van der Waals surface area contributed by atoms with Crippen molar-refractivity contribution in [3.63, 3.8) is 0 Å². The molecule has 0 heterocycles. The van der Waals surface area contributed by atoms with Gasteiger partial charge in [0, 0.05) is 12.8 Å². The number of aliphatic carboxylic acids is 2. The molecule has 0 aliphatic rings. The molecule has 0 fully saturated rings. The van der Waals surface area contributed by atoms with E-state index in [-0.39, 0.29) is 24.2 Å². The van der Waals surface area contributed by atoms with E-state index < -0.39 is 23.8 Å². The first-order valence-corrected chi connectivity index (χ1v) is 6.70. The number of allylic oxidation sites excluding steroid dienone is 2. The maximum atomic E-state index is 11.5. The summed E-state index contributed by atoms with van der Waals surface area (Å²) >= 11 is 0. The Bertz CT molecular complexity index is 461. The van der Waals surface area contributed by atoms with Gasteiger partial charge >= 0.3 is 11.9 Å². The number of rotatable bonds is 9. The average Bonchev–Trinajstić information content (AvgIpc) is 2.45. The molecular weight excluding hydrogens is 292 g/mol. The summed E-state index contributed by atoms with van der Waals surface area (Å²) < 4.78 is 0. The third-order valence-corrected chi connectivity index (χ3v) is 2.64. The van der Waals surface area contributed by atoms with Gasteiger partial charge < -0.3 is 20.8 Å². The molecule has 0 aromatic carbocycles. The standard InChI is InChI=1S/C14H20N2O6/c1-3-9(13(19)20)15-11(17)7-5-6-8-12(18)16-10(4-2)14(21)22/h3-4H,5-8H2,1-2H3,(H,15,17)(H,16,18)(H,19,20)(H,21,22)/b9-3-,10-4-. The highest BCUT2D eigenvalue weighted by Crippen LogP contribution is 2.02. The van der Waals surface area contributed by atoms with Gasteiger partial charge in [-0.15, -0.1) is 0 Å². The van der Waals surface area contributed by atoms with Crippen molar-refractivity contribution in [1.29, 1.82) is 0 Å². The molecule has 0 rings (SSSR count). The molecule has 0 saturated carbocycles. The van der Waals surface area contributed by atoms with Crippen LogP contribution in [0, 0.1) is 0 Å². The molecule has 0 spiro atoms. The maximum Gasteiger partial charge on any atom is 0.352 e. The summed E-state index contributed by atoms with van der Waals surface area (Å²) in [6, 6.07) is 0. The van der Waals surface area contributed by atoms with Crippen LogP contribution in [0.5, 0.6) is 0 Å². The fourth-order valence-electron chi connectivity index (χ4n) is 1.49. The quantitative estimate of drug-likeness (QED) is 0.367. The first-order valence-electron chi connectivity index (χ1n) is 6.70. The zero-order chi connectivity index (χ0) is 17.1. The van der Waals surface area contributed by atoms with Crippen LogP contribution in [-0.4, -0.2) is 34.0 Å². The Kier molecular flexibility index (Phi) is 8.92. The van der Waals surface area contributed by atoms with E-state index in [4.69, 9.17) is 10.2 Å². The minimum Gasteiger partial charge on any atom is -0.477 e. The van der Waals surface area contributed by atoms with Crippen molar-refractivity contribution in [2.45, 2.75) is 39.5 Å². The molecule has 0 atom stereocenters. The second-order valence-electron chi connectivity index (χ2n) is 4.32. The lowest BCUT2D eigenvalue weighted by molar-refractivity contribution is -0.135. The fourth-order valence-corrected chi connectivity index (χ4v) is 1.49. The highest BCUT2D eigenvalue weighted by Gasteiger charge is 2.12. The Morgan fingerprint density at radius 2 is 1.09 bits per heavy atom. The first-order chi connectivity index (χ1) is 10.3. The molecule has 0 aromatic heterocycles. The van der Waals surface area contributed by atoms with Gasteiger partial charge in [0.1, 0.15) is 11.4 Å². The number of hydrogen-bond donors (Lipinski definition) is 4. The van der Waals surface area contributed by atoms with Crippen LogP contribution in [0.2, 0.25) is 0 Å². The van der Waals surface area contributed by atoms with Crippen molar-refractivity contribution in [2.24, 2.45) is 0 Å². The lowest BCUT2D eigenvalue weighted by Gasteiger charge is -2.06. The van der Waals surface area contributed by atoms with E-state index in [0.717, 1.165) is 0 Å². The average molecular weight is 312 g/mol. The van der Waals surface area contributed by atoms with Gasteiger partial charge in [0.15, 0.2) is 0 Å². The maximum absolute atomic E-state index is 11.5. The third kappa shape index (κ3) is 7.83. The summed E-state index contributed by atoms with van der Waals surface area (Å²) in [7, 11) is 0. The van der Waals surface area contributed by atoms with E-state index in [1.807, 2.05) is 0 Å². The van der Waals surface area contributed by atoms with Crippen molar-refractivity contribution in [1.82, 2.24) is 10.6 Å². The molecule has 0 aromatic rings. The molecule has 0 saturated heterocycles. The number of carbonyl (C=O) groups is 4. The molecule has 8 nitrogen and oxygen atoms in total. The number of amides is 2. The number of unbranched alkanes of at least 4 members (excludes halogenated alkanes) is 1. The minimum absolute atomic E-state index is 0.0767. The van der Waals surface area contributed by atoms with E-state index in [0.29, 0.717) is 12.8 Å². The second kappa shape index (κ2) is 10.1. The molecule has 0 aliphatic heterocycles. The summed E-state index contributed by atoms with van der Waals surface area (Å²) in [5, 5.41) is 22.0. The van der Waals surface area contributed by atoms with Crippen LogP contribution in [0.4, 0.5) is 0 Å². The van der Waals surface area contributed by atoms with Gasteiger partial charge in [0.25, 0.3) is 0 Å². The number of hydrogen-bond acceptors (Lipinski definition) is 4. The van der Waals surface area contributed by atoms with E-state index in [2.05, 4.69) is 10.6 Å². The van der Waals surface area contributed by atoms with Crippen molar-refractivity contribution in [3.05, 3.63) is 23.5 Å². The summed E-state index contributed by atoms with van der Waals surface area (Å²) in [6.45, 7) is 2.99. The largest absolute Gasteiger partial charge is 0.477 e. The van der Waals surface area contributed by atoms with Crippen LogP contribution in [0.15, 0.2) is 23.5 Å². The molecule has 8 heteroatoms. The summed E-state index contributed by atoms with van der Waals surface area (Å²) in [5.41, 5.74) is -0.385. The predicted octanol–water partition coefficient (Wildman–Crippen LogP) is 0.756. The van der Waals surface area contributed by atoms with Gasteiger partial charge in [0.05, 0.1) is 0 Å². The molecule has 0 bridgehead atoms. The molecule has 0 aliphatic carbocycles. The van der Waals surface area contributed by atoms with Crippen molar-refractivity contribution in [2.75, 3.05) is 0 Å². The Hall–Kier alpha value is -2.64. The van der Waals surface area contributed by atoms with E-state index in [1.54, 1.807) is 0 Å². The van der Waals surface area contributed by atoms with E-state index >= 15 is 0 Å². The molecule has 122 valence electrons. The van der Waals surface area contributed by atoms with Gasteiger partial charge in [-0.2, -0.15) is 0 Å². The Morgan fingerprint density at radius 3 is 1.32 bits per heavy atom. The molecular formula is C14H20N2O6. The number of carboxylic acid groups (broad SMARTS) is 2. The number of nitrogens with one attached hydrogen (secondary N) is 2. The highest BCUT2D eigenvalue weighted by atomic mass is 16.4. The Morgan fingerprint density at radius 1 is 0.773 bits per heavy atom. The summed E-state index contributed by atoms with van der Waals surface area (Å²) in [5.74, 6) is -3.34. The van der Waals surface area contributed by atoms with Gasteiger partial charge in [-0.3, -0.25) is 9.59 Å². The van der Waals surface area contributed by atoms with Crippen LogP contribution in [0.3, 0.4) is 0 Å². The SMILES string of the molecule is C/C=C(\NC(=O)CCCCC(=O)N/C(=C\C)C(=O)O)C(=O)O. The Labute approximate surface area is 127 Å². The fraction of sp³-hybridized carbons (Fsp3) is 0.429. The normalized spacial score (nSPS) is 11.7. The van der Waals surface area contributed by atoms with Crippen LogP contribution < -0.4 is 10.6 Å². The molecule has 4 N–H and O–H groups in total. The lowest BCUT2D eigenvalue weighted by atomic mass is 10.1. The monoisotopic (exact) mass is 312 g/mol. The van der Waals surface area contributed by atoms with Crippen LogP contribution in [0.25, 0.3) is 0 Å². The topological polar surface area (TPSA) is 133 Å². The van der Waals surface area contributed by atoms with Crippen LogP contribution >= 0.6 is 0 Å². The van der Waals surface area contributed by atoms with E-state index in [9.17, 15) is 19.2 Å². The summed E-state index contributed by atoms with van der Waals surface area (Å²) in [6.07, 6.45) is 3.47. The predicted molar refractivity (Wildman–Crippen MR) is 77.5 cm³/mol. The first kappa shape index (κ1) is 19.4. The van der Waals surface area contributed by atoms with Gasteiger partial charge in [-0.25, -0.2) is 9.59 Å². The van der Waals surface area contributed by atoms with Gasteiger partial charge in [-0.1, -0.05) is 12.2 Å². The Balaban J connectivity index is 4.03. The molecule has 2 amide bonds. The zero-order valence-corrected chi connectivity index (χ0v) is 12.5. The zero-order valence-electron chi connectivity index (χ0n) is 12.5. The van der Waals surface area contributed by atoms with Gasteiger partial charge in [0.2, 0.25) is 11.8 Å². The minimum atomic E-state index is -1.22. The van der Waals surface area contributed by atoms with Gasteiger partial charge in [-0.05, 0) is 26.7 Å². The lowest BCUT2D eigenvalue weighted by Crippen LogP contribution is -2.28. The van der Waals surface area contributed by atoms with Crippen LogP contribution in [0.1, 0.15) is 39.5 Å². The second-order valence-corrected chi connectivity index (χ2v) is 4.32. The highest BCUT2D eigenvalue weighted by molar-refractivity contribution is 5.93. The molecule has 0 unspecified atom stereocenters. The number of carbonyl (C=O) groups excluding carboxylic acids is 2. The van der Waals surface area contributed by atoms with Crippen molar-refractivity contribution >= 4 is 23.8 Å². The number of carboxylic acids is 2. The molecule has 0 radical (unpaired) electrons.